The monoisotopic (exact) mass is 161 g/mol. The second-order valence-corrected chi connectivity index (χ2v) is 3.66. The third-order valence-corrected chi connectivity index (χ3v) is 1.48. The van der Waals surface area contributed by atoms with Gasteiger partial charge in [0.15, 0.2) is 6.10 Å². The zero-order valence-electron chi connectivity index (χ0n) is 7.03. The van der Waals surface area contributed by atoms with Crippen LogP contribution in [0.1, 0.15) is 20.8 Å². The number of hydrogen-bond donors (Lipinski definition) is 3. The number of hydrogen-bond acceptors (Lipinski definition) is 3. The average Bonchev–Trinajstić information content (AvgIpc) is 1.82. The second-order valence-electron chi connectivity index (χ2n) is 3.66. The van der Waals surface area contributed by atoms with E-state index in [0.717, 1.165) is 0 Å². The zero-order chi connectivity index (χ0) is 9.23. The van der Waals surface area contributed by atoms with E-state index in [-0.39, 0.29) is 0 Å². The average molecular weight is 161 g/mol. The lowest BCUT2D eigenvalue weighted by Gasteiger charge is -2.28. The van der Waals surface area contributed by atoms with Crippen LogP contribution in [-0.4, -0.2) is 28.3 Å². The summed E-state index contributed by atoms with van der Waals surface area (Å²) in [7, 11) is 0. The third-order valence-electron chi connectivity index (χ3n) is 1.48. The Bertz CT molecular complexity index is 150. The normalized spacial score (nSPS) is 17.5. The molecule has 0 aromatic heterocycles. The molecule has 0 aliphatic carbocycles. The van der Waals surface area contributed by atoms with Crippen LogP contribution < -0.4 is 5.73 Å². The first-order chi connectivity index (χ1) is 4.76. The smallest absolute Gasteiger partial charge is 0.248 e. The van der Waals surface area contributed by atoms with E-state index < -0.39 is 23.5 Å². The molecule has 0 aliphatic heterocycles. The molecule has 0 heterocycles. The molecular weight excluding hydrogens is 146 g/mol. The Labute approximate surface area is 66.0 Å². The van der Waals surface area contributed by atoms with Crippen LogP contribution in [0.15, 0.2) is 0 Å². The fraction of sp³-hybridized carbons (Fsp3) is 0.857. The van der Waals surface area contributed by atoms with Crippen molar-refractivity contribution in [3.05, 3.63) is 0 Å². The van der Waals surface area contributed by atoms with Gasteiger partial charge in [0.25, 0.3) is 0 Å². The molecule has 0 aromatic rings. The number of amides is 1. The van der Waals surface area contributed by atoms with Crippen molar-refractivity contribution in [3.8, 4) is 0 Å². The number of aliphatic hydroxyl groups is 2. The molecule has 0 aromatic carbocycles. The minimum Gasteiger partial charge on any atom is -0.389 e. The van der Waals surface area contributed by atoms with Crippen LogP contribution in [0.2, 0.25) is 0 Å². The van der Waals surface area contributed by atoms with E-state index in [1.165, 1.54) is 0 Å². The van der Waals surface area contributed by atoms with Crippen LogP contribution in [0.25, 0.3) is 0 Å². The molecule has 2 atom stereocenters. The molecular formula is C7H15NO3. The molecule has 0 saturated heterocycles. The molecule has 0 radical (unpaired) electrons. The first-order valence-corrected chi connectivity index (χ1v) is 3.42. The van der Waals surface area contributed by atoms with E-state index in [2.05, 4.69) is 0 Å². The Kier molecular flexibility index (Phi) is 3.02. The lowest BCUT2D eigenvalue weighted by atomic mass is 9.86. The predicted molar refractivity (Wildman–Crippen MR) is 40.7 cm³/mol. The Hall–Kier alpha value is -0.610. The summed E-state index contributed by atoms with van der Waals surface area (Å²) in [6.45, 7) is 5.14. The van der Waals surface area contributed by atoms with Gasteiger partial charge < -0.3 is 15.9 Å². The van der Waals surface area contributed by atoms with Gasteiger partial charge in [0, 0.05) is 0 Å². The lowest BCUT2D eigenvalue weighted by Crippen LogP contribution is -2.45. The number of carbonyl (C=O) groups excluding carboxylic acids is 1. The fourth-order valence-electron chi connectivity index (χ4n) is 0.629. The van der Waals surface area contributed by atoms with E-state index >= 15 is 0 Å². The van der Waals surface area contributed by atoms with Crippen molar-refractivity contribution in [3.63, 3.8) is 0 Å². The Morgan fingerprint density at radius 1 is 1.36 bits per heavy atom. The van der Waals surface area contributed by atoms with Gasteiger partial charge in [-0.2, -0.15) is 0 Å². The molecule has 0 bridgehead atoms. The molecule has 66 valence electrons. The van der Waals surface area contributed by atoms with Gasteiger partial charge >= 0.3 is 0 Å². The molecule has 0 rings (SSSR count). The summed E-state index contributed by atoms with van der Waals surface area (Å²) in [5.41, 5.74) is 4.25. The summed E-state index contributed by atoms with van der Waals surface area (Å²) >= 11 is 0. The van der Waals surface area contributed by atoms with Crippen LogP contribution >= 0.6 is 0 Å². The maximum atomic E-state index is 10.4. The van der Waals surface area contributed by atoms with Crippen LogP contribution in [0.5, 0.6) is 0 Å². The van der Waals surface area contributed by atoms with Gasteiger partial charge in [-0.15, -0.1) is 0 Å². The van der Waals surface area contributed by atoms with E-state index in [1.54, 1.807) is 20.8 Å². The van der Waals surface area contributed by atoms with Crippen molar-refractivity contribution >= 4 is 5.91 Å². The summed E-state index contributed by atoms with van der Waals surface area (Å²) in [6, 6.07) is 0. The Balaban J connectivity index is 4.25. The highest BCUT2D eigenvalue weighted by atomic mass is 16.3. The second kappa shape index (κ2) is 3.19. The van der Waals surface area contributed by atoms with Gasteiger partial charge in [-0.25, -0.2) is 0 Å². The summed E-state index contributed by atoms with van der Waals surface area (Å²) < 4.78 is 0. The van der Waals surface area contributed by atoms with Crippen molar-refractivity contribution in [2.75, 3.05) is 0 Å². The van der Waals surface area contributed by atoms with Gasteiger partial charge in [0.1, 0.15) is 0 Å². The molecule has 11 heavy (non-hydrogen) atoms. The molecule has 0 saturated carbocycles. The summed E-state index contributed by atoms with van der Waals surface area (Å²) in [6.07, 6.45) is -2.59. The van der Waals surface area contributed by atoms with Gasteiger partial charge in [-0.3, -0.25) is 4.79 Å². The number of rotatable bonds is 2. The highest BCUT2D eigenvalue weighted by Gasteiger charge is 2.32. The Morgan fingerprint density at radius 3 is 1.82 bits per heavy atom. The van der Waals surface area contributed by atoms with E-state index in [0.29, 0.717) is 0 Å². The van der Waals surface area contributed by atoms with Gasteiger partial charge in [0.05, 0.1) is 6.10 Å². The van der Waals surface area contributed by atoms with Crippen molar-refractivity contribution in [2.45, 2.75) is 33.0 Å². The standard InChI is InChI=1S/C7H15NO3/c1-7(2,3)5(10)4(9)6(8)11/h4-5,9-10H,1-3H3,(H2,8,11)/t4-,5-/m0/s1. The molecule has 0 unspecified atom stereocenters. The summed E-state index contributed by atoms with van der Waals surface area (Å²) in [5, 5.41) is 18.3. The van der Waals surface area contributed by atoms with Crippen molar-refractivity contribution in [2.24, 2.45) is 11.1 Å². The van der Waals surface area contributed by atoms with E-state index in [1.807, 2.05) is 0 Å². The minimum absolute atomic E-state index is 0.533. The van der Waals surface area contributed by atoms with Crippen LogP contribution in [0.4, 0.5) is 0 Å². The van der Waals surface area contributed by atoms with Gasteiger partial charge in [-0.05, 0) is 5.41 Å². The lowest BCUT2D eigenvalue weighted by molar-refractivity contribution is -0.136. The van der Waals surface area contributed by atoms with Gasteiger partial charge in [-0.1, -0.05) is 20.8 Å². The fourth-order valence-corrected chi connectivity index (χ4v) is 0.629. The third kappa shape index (κ3) is 2.86. The molecule has 1 amide bonds. The predicted octanol–water partition coefficient (Wildman–Crippen LogP) is -0.760. The Morgan fingerprint density at radius 2 is 1.73 bits per heavy atom. The summed E-state index contributed by atoms with van der Waals surface area (Å²) in [4.78, 5) is 10.4. The van der Waals surface area contributed by atoms with Crippen molar-refractivity contribution in [1.29, 1.82) is 0 Å². The molecule has 0 fully saturated rings. The summed E-state index contributed by atoms with van der Waals surface area (Å²) in [5.74, 6) is -0.896. The minimum atomic E-state index is -1.48. The molecule has 0 aliphatic rings. The maximum absolute atomic E-state index is 10.4. The largest absolute Gasteiger partial charge is 0.389 e. The first kappa shape index (κ1) is 10.4. The molecule has 0 spiro atoms. The van der Waals surface area contributed by atoms with Crippen LogP contribution in [0.3, 0.4) is 0 Å². The van der Waals surface area contributed by atoms with Crippen LogP contribution in [-0.2, 0) is 4.79 Å². The quantitative estimate of drug-likeness (QED) is 0.497. The highest BCUT2D eigenvalue weighted by molar-refractivity contribution is 5.79. The van der Waals surface area contributed by atoms with Crippen molar-refractivity contribution in [1.82, 2.24) is 0 Å². The van der Waals surface area contributed by atoms with E-state index in [9.17, 15) is 9.90 Å². The SMILES string of the molecule is CC(C)(C)[C@@H](O)[C@H](O)C(N)=O. The number of aliphatic hydroxyl groups excluding tert-OH is 2. The number of nitrogens with two attached hydrogens (primary N) is 1. The highest BCUT2D eigenvalue weighted by Crippen LogP contribution is 2.21. The maximum Gasteiger partial charge on any atom is 0.248 e. The van der Waals surface area contributed by atoms with E-state index in [4.69, 9.17) is 10.8 Å². The number of primary amides is 1. The number of carbonyl (C=O) groups is 1. The zero-order valence-corrected chi connectivity index (χ0v) is 7.03. The van der Waals surface area contributed by atoms with Gasteiger partial charge in [0.2, 0.25) is 5.91 Å². The first-order valence-electron chi connectivity index (χ1n) is 3.42. The molecule has 4 nitrogen and oxygen atoms in total. The van der Waals surface area contributed by atoms with Crippen molar-refractivity contribution < 1.29 is 15.0 Å². The molecule has 4 heteroatoms. The molecule has 4 N–H and O–H groups in total. The van der Waals surface area contributed by atoms with Crippen LogP contribution in [0, 0.1) is 5.41 Å². The topological polar surface area (TPSA) is 83.6 Å².